The van der Waals surface area contributed by atoms with Crippen molar-refractivity contribution in [2.24, 2.45) is 23.5 Å². The van der Waals surface area contributed by atoms with Gasteiger partial charge in [-0.25, -0.2) is 14.4 Å². The predicted molar refractivity (Wildman–Crippen MR) is 404 cm³/mol. The van der Waals surface area contributed by atoms with Gasteiger partial charge in [0.2, 0.25) is 5.91 Å². The third-order valence-electron chi connectivity index (χ3n) is 16.9. The van der Waals surface area contributed by atoms with Crippen LogP contribution in [-0.4, -0.2) is 345 Å². The van der Waals surface area contributed by atoms with Crippen molar-refractivity contribution in [2.45, 2.75) is 192 Å². The van der Waals surface area contributed by atoms with Crippen LogP contribution in [0.25, 0.3) is 0 Å². The Kier molecular flexibility index (Phi) is 64.7. The number of nitrogens with two attached hydrogens (primary N) is 1. The molecule has 0 spiro atoms. The van der Waals surface area contributed by atoms with Crippen molar-refractivity contribution in [3.8, 4) is 0 Å². The summed E-state index contributed by atoms with van der Waals surface area (Å²) in [7, 11) is 3.75. The molecule has 5 aliphatic heterocycles. The number of piperazine rings is 1. The number of carboxylic acid groups (broad SMARTS) is 1. The summed E-state index contributed by atoms with van der Waals surface area (Å²) in [4.78, 5) is 62.3. The minimum atomic E-state index is -1.04. The topological polar surface area (TPSA) is 284 Å². The first-order valence-electron chi connectivity index (χ1n) is 38.0. The number of nitrogens with zero attached hydrogens (tertiary/aromatic N) is 6. The molecule has 0 aromatic rings. The van der Waals surface area contributed by atoms with Crippen molar-refractivity contribution in [3.63, 3.8) is 0 Å². The van der Waals surface area contributed by atoms with Crippen LogP contribution in [-0.2, 0) is 61.7 Å². The van der Waals surface area contributed by atoms with E-state index < -0.39 is 41.4 Å². The summed E-state index contributed by atoms with van der Waals surface area (Å²) in [6.45, 7) is 65.4. The molecule has 0 saturated carbocycles. The number of halogens is 1. The number of alkyl carbamates (subject to hydrolysis) is 2. The monoisotopic (exact) mass is 1740 g/mol. The Balaban J connectivity index is -0.00000120. The predicted octanol–water partition coefficient (Wildman–Crippen LogP) is 5.88. The number of aliphatic carboxylic acids is 1. The van der Waals surface area contributed by atoms with E-state index in [1.807, 2.05) is 88.0 Å². The molecule has 5 aliphatic rings. The molecule has 0 aromatic heterocycles. The van der Waals surface area contributed by atoms with Crippen LogP contribution in [0.15, 0.2) is 0 Å². The number of ether oxygens (including phenoxy) is 11. The van der Waals surface area contributed by atoms with Crippen molar-refractivity contribution in [2.75, 3.05) is 229 Å². The molecule has 27 nitrogen and oxygen atoms in total. The van der Waals surface area contributed by atoms with Gasteiger partial charge in [0.15, 0.2) is 12.6 Å². The van der Waals surface area contributed by atoms with E-state index in [9.17, 15) is 19.2 Å². The van der Waals surface area contributed by atoms with Gasteiger partial charge in [-0.05, 0) is 102 Å². The number of carboxylic acids is 1. The summed E-state index contributed by atoms with van der Waals surface area (Å²) in [5, 5.41) is 21.9. The minimum absolute atomic E-state index is 0. The zero-order valence-corrected chi connectivity index (χ0v) is 72.1. The standard InChI is InChI=1S/C22H43N3O5.C14H29N3O.C12H26N2O3.C11H21NO4.C6H13BrO2.C6H14N2O.BH.U/c1-8-17(3)19(23-21(27)30-22(5,6)7)20(26)25(16-18(4)29-9-2)11-10-24-12-14-28-15-13-24;1-3-13(2)14-12-17(5-4-15-14)7-6-16-8-10-18-11-9-16;1-3-16-12(17-4-2)11-13-5-6-14-7-9-15-10-8-14;1-6-7(2)8(9(13)14)12-10(15)16-11(3,4)5;1-3-8-6(5-7)9-4-2;7-1-2-8-3-5-9-6-4-8;;/h17-19H,8-16H2,1-7H3,(H,23,27);13-15H,3-12H2,1-2H3;12-13H,3-11H2,1-2H3;7-8H,6H2,1-5H3,(H,12,15)(H,13,14);6H,3-5H2,1-2H3;1-7H2;1H;/t17-,18?,19-;13-,14+;;7-,8-;;;;/m00.0..../s1/i;;;;;;1T;. The minimum Gasteiger partial charge on any atom is -0.480 e. The summed E-state index contributed by atoms with van der Waals surface area (Å²) < 4.78 is 63.8. The average Bonchev–Trinajstić information content (AvgIpc) is 1.09. The summed E-state index contributed by atoms with van der Waals surface area (Å²) in [6, 6.07) is -0.850. The van der Waals surface area contributed by atoms with Gasteiger partial charge in [-0.1, -0.05) is 76.7 Å². The summed E-state index contributed by atoms with van der Waals surface area (Å²) >= 11 is 3.27. The van der Waals surface area contributed by atoms with E-state index in [2.05, 4.69) is 83.9 Å². The van der Waals surface area contributed by atoms with Crippen LogP contribution in [0, 0.1) is 48.9 Å². The normalized spacial score (nSPS) is 19.1. The van der Waals surface area contributed by atoms with E-state index in [4.69, 9.17) is 64.3 Å². The van der Waals surface area contributed by atoms with Crippen molar-refractivity contribution >= 4 is 48.4 Å². The molecule has 3 amide bonds. The van der Waals surface area contributed by atoms with Crippen molar-refractivity contribution in [1.82, 2.24) is 50.7 Å². The zero-order chi connectivity index (χ0) is 76.4. The molecule has 101 heavy (non-hydrogen) atoms. The van der Waals surface area contributed by atoms with Crippen LogP contribution in [0.2, 0.25) is 0 Å². The molecule has 5 rings (SSSR count). The van der Waals surface area contributed by atoms with Crippen LogP contribution in [0.4, 0.5) is 9.59 Å². The summed E-state index contributed by atoms with van der Waals surface area (Å²) in [5.74, 6) is -0.491. The first-order valence-corrected chi connectivity index (χ1v) is 38.5. The molecule has 7 atom stereocenters. The fourth-order valence-electron chi connectivity index (χ4n) is 10.6. The Bertz CT molecular complexity index is 1950. The largest absolute Gasteiger partial charge is 0.480 e. The van der Waals surface area contributed by atoms with E-state index in [-0.39, 0.29) is 67.5 Å². The van der Waals surface area contributed by atoms with Crippen LogP contribution >= 0.6 is 15.9 Å². The van der Waals surface area contributed by atoms with Gasteiger partial charge in [0.1, 0.15) is 23.3 Å². The van der Waals surface area contributed by atoms with Gasteiger partial charge in [-0.2, -0.15) is 0 Å². The first-order chi connectivity index (χ1) is 48.2. The fraction of sp³-hybridized carbons (Fsp3) is 0.944. The van der Waals surface area contributed by atoms with Crippen LogP contribution in [0.5, 0.6) is 0 Å². The molecule has 596 valence electrons. The van der Waals surface area contributed by atoms with Crippen molar-refractivity contribution < 1.29 is 108 Å². The van der Waals surface area contributed by atoms with E-state index >= 15 is 0 Å². The molecule has 30 heteroatoms. The SMILES string of the molecule is CCOC(C)CN(CCN1CCOCC1)C(=O)[C@@H](NC(=O)OC(C)(C)C)[C@@H](C)CC.CCOC(CBr)OCC.CCOC(CNCCN1CCOCC1)OCC.CC[C@H](C)[C@H](NC(=O)OC(C)(C)C)C(=O)O.CC[C@H](C)[C@H]1CN(CCN2CCOCC2)CCN1.NCCN1CCOCC1.[3H][B].[U]. The molecular formula is C71H147BBrN11O16U. The number of morpholine rings is 4. The molecular weight excluding hydrogens is 1590 g/mol. The molecule has 5 fully saturated rings. The van der Waals surface area contributed by atoms with E-state index in [1.54, 1.807) is 27.7 Å². The van der Waals surface area contributed by atoms with Crippen LogP contribution < -0.4 is 27.0 Å². The molecule has 1 unspecified atom stereocenters. The van der Waals surface area contributed by atoms with Crippen LogP contribution in [0.1, 0.15) is 144 Å². The van der Waals surface area contributed by atoms with Gasteiger partial charge in [0, 0.05) is 216 Å². The maximum absolute atomic E-state index is 13.5. The summed E-state index contributed by atoms with van der Waals surface area (Å²) in [6.07, 6.45) is 1.19. The van der Waals surface area contributed by atoms with Crippen molar-refractivity contribution in [3.05, 3.63) is 0 Å². The van der Waals surface area contributed by atoms with E-state index in [0.717, 1.165) is 169 Å². The number of carbonyl (C=O) groups excluding carboxylic acids is 3. The van der Waals surface area contributed by atoms with Gasteiger partial charge >= 0.3 is 18.2 Å². The van der Waals surface area contributed by atoms with E-state index in [1.165, 1.54) is 32.6 Å². The second-order valence-electron chi connectivity index (χ2n) is 27.3. The maximum atomic E-state index is 13.5. The van der Waals surface area contributed by atoms with Crippen LogP contribution in [0.3, 0.4) is 0 Å². The Morgan fingerprint density at radius 1 is 0.584 bits per heavy atom. The number of rotatable bonds is 36. The van der Waals surface area contributed by atoms with Crippen molar-refractivity contribution in [1.29, 1.82) is 1.34 Å². The summed E-state index contributed by atoms with van der Waals surface area (Å²) in [5.41, 5.74) is 4.14. The molecule has 7 N–H and O–H groups in total. The maximum Gasteiger partial charge on any atom is 0.408 e. The Morgan fingerprint density at radius 2 is 0.980 bits per heavy atom. The van der Waals surface area contributed by atoms with Gasteiger partial charge < -0.3 is 89.1 Å². The smallest absolute Gasteiger partial charge is 0.408 e. The Labute approximate surface area is 647 Å². The first kappa shape index (κ1) is 101. The van der Waals surface area contributed by atoms with Gasteiger partial charge in [0.25, 0.3) is 0 Å². The molecule has 0 aliphatic carbocycles. The molecule has 0 bridgehead atoms. The Hall–Kier alpha value is -1.60. The van der Waals surface area contributed by atoms with Gasteiger partial charge in [-0.15, -0.1) is 0 Å². The number of nitrogens with one attached hydrogen (secondary N) is 4. The second kappa shape index (κ2) is 64.4. The zero-order valence-electron chi connectivity index (χ0n) is 67.4. The molecule has 5 heterocycles. The molecule has 0 aromatic carbocycles. The third-order valence-corrected chi connectivity index (χ3v) is 17.4. The van der Waals surface area contributed by atoms with Gasteiger partial charge in [0.05, 0.1) is 64.3 Å². The Morgan fingerprint density at radius 3 is 1.38 bits per heavy atom. The third kappa shape index (κ3) is 54.6. The molecule has 5 saturated heterocycles. The molecule has 2 radical (unpaired) electrons. The van der Waals surface area contributed by atoms with Gasteiger partial charge in [-0.3, -0.25) is 29.3 Å². The number of hydrogen-bond donors (Lipinski definition) is 6. The quantitative estimate of drug-likeness (QED) is 0.0185. The number of carbonyl (C=O) groups is 4. The number of amides is 3. The second-order valence-corrected chi connectivity index (χ2v) is 27.9. The number of alkyl halides is 1. The van der Waals surface area contributed by atoms with E-state index in [0.29, 0.717) is 58.6 Å². The average molecular weight is 1740 g/mol. The fourth-order valence-corrected chi connectivity index (χ4v) is 11.0. The number of hydrogen-bond acceptors (Lipinski definition) is 23.